The summed E-state index contributed by atoms with van der Waals surface area (Å²) >= 11 is 12.0. The molecule has 0 atom stereocenters. The van der Waals surface area contributed by atoms with E-state index in [1.54, 1.807) is 19.4 Å². The molecule has 24 heavy (non-hydrogen) atoms. The van der Waals surface area contributed by atoms with Crippen molar-refractivity contribution in [1.29, 1.82) is 0 Å². The van der Waals surface area contributed by atoms with Crippen LogP contribution in [-0.4, -0.2) is 18.2 Å². The van der Waals surface area contributed by atoms with Gasteiger partial charge in [-0.15, -0.1) is 0 Å². The Bertz CT molecular complexity index is 740. The van der Waals surface area contributed by atoms with E-state index in [2.05, 4.69) is 4.98 Å². The molecule has 3 rings (SSSR count). The van der Waals surface area contributed by atoms with Crippen molar-refractivity contribution in [2.24, 2.45) is 0 Å². The summed E-state index contributed by atoms with van der Waals surface area (Å²) in [6.07, 6.45) is 10.3. The predicted octanol–water partition coefficient (Wildman–Crippen LogP) is 5.89. The van der Waals surface area contributed by atoms with Crippen molar-refractivity contribution in [2.75, 3.05) is 7.11 Å². The van der Waals surface area contributed by atoms with E-state index in [-0.39, 0.29) is 6.10 Å². The van der Waals surface area contributed by atoms with Crippen molar-refractivity contribution in [1.82, 2.24) is 4.98 Å². The molecule has 1 aliphatic carbocycles. The topological polar surface area (TPSA) is 31.4 Å². The fourth-order valence-corrected chi connectivity index (χ4v) is 3.24. The minimum absolute atomic E-state index is 0.283. The largest absolute Gasteiger partial charge is 0.493 e. The number of aromatic nitrogens is 1. The number of methoxy groups -OCH3 is 1. The molecular formula is C19H19Cl2NO2. The Balaban J connectivity index is 1.81. The van der Waals surface area contributed by atoms with Gasteiger partial charge in [-0.1, -0.05) is 35.3 Å². The Kier molecular flexibility index (Phi) is 5.64. The van der Waals surface area contributed by atoms with Crippen molar-refractivity contribution in [3.63, 3.8) is 0 Å². The van der Waals surface area contributed by atoms with Gasteiger partial charge in [-0.25, -0.2) is 0 Å². The number of rotatable bonds is 5. The first-order chi connectivity index (χ1) is 11.7. The molecule has 1 heterocycles. The first kappa shape index (κ1) is 17.1. The van der Waals surface area contributed by atoms with Crippen molar-refractivity contribution >= 4 is 35.4 Å². The maximum Gasteiger partial charge on any atom is 0.162 e. The molecule has 3 nitrogen and oxygen atoms in total. The van der Waals surface area contributed by atoms with E-state index in [4.69, 9.17) is 32.7 Å². The zero-order valence-corrected chi connectivity index (χ0v) is 15.0. The van der Waals surface area contributed by atoms with E-state index < -0.39 is 0 Å². The number of hydrogen-bond donors (Lipinski definition) is 0. The normalized spacial score (nSPS) is 15.1. The standard InChI is InChI=1S/C19H19Cl2NO2/c1-23-18-9-7-13(10-19(18)24-15-4-2-3-5-15)6-8-17-16(21)11-14(20)12-22-17/h6-12,15H,2-5H2,1H3. The molecule has 0 saturated heterocycles. The smallest absolute Gasteiger partial charge is 0.162 e. The van der Waals surface area contributed by atoms with Crippen LogP contribution < -0.4 is 9.47 Å². The molecule has 5 heteroatoms. The van der Waals surface area contributed by atoms with Crippen LogP contribution in [-0.2, 0) is 0 Å². The van der Waals surface area contributed by atoms with Crippen LogP contribution in [0.5, 0.6) is 11.5 Å². The molecule has 1 aromatic carbocycles. The summed E-state index contributed by atoms with van der Waals surface area (Å²) in [4.78, 5) is 4.23. The van der Waals surface area contributed by atoms with Gasteiger partial charge in [0.15, 0.2) is 11.5 Å². The van der Waals surface area contributed by atoms with Crippen LogP contribution in [0.25, 0.3) is 12.2 Å². The van der Waals surface area contributed by atoms with E-state index in [0.29, 0.717) is 15.7 Å². The van der Waals surface area contributed by atoms with Gasteiger partial charge in [-0.2, -0.15) is 0 Å². The van der Waals surface area contributed by atoms with Gasteiger partial charge in [0.25, 0.3) is 0 Å². The SMILES string of the molecule is COc1ccc(C=Cc2ncc(Cl)cc2Cl)cc1OC1CCCC1. The van der Waals surface area contributed by atoms with Crippen LogP contribution >= 0.6 is 23.2 Å². The molecule has 126 valence electrons. The predicted molar refractivity (Wildman–Crippen MR) is 99.1 cm³/mol. The number of hydrogen-bond acceptors (Lipinski definition) is 3. The summed E-state index contributed by atoms with van der Waals surface area (Å²) in [7, 11) is 1.66. The lowest BCUT2D eigenvalue weighted by atomic mass is 10.1. The lowest BCUT2D eigenvalue weighted by Gasteiger charge is -2.16. The molecule has 0 N–H and O–H groups in total. The molecule has 1 aliphatic rings. The molecular weight excluding hydrogens is 345 g/mol. The Morgan fingerprint density at radius 3 is 2.58 bits per heavy atom. The van der Waals surface area contributed by atoms with Gasteiger partial charge in [0.05, 0.1) is 29.0 Å². The van der Waals surface area contributed by atoms with Crippen LogP contribution in [0.2, 0.25) is 10.0 Å². The summed E-state index contributed by atoms with van der Waals surface area (Å²) < 4.78 is 11.5. The minimum atomic E-state index is 0.283. The highest BCUT2D eigenvalue weighted by Gasteiger charge is 2.18. The van der Waals surface area contributed by atoms with Gasteiger partial charge >= 0.3 is 0 Å². The van der Waals surface area contributed by atoms with Crippen LogP contribution in [0.4, 0.5) is 0 Å². The van der Waals surface area contributed by atoms with Crippen molar-refractivity contribution in [3.05, 3.63) is 51.8 Å². The Hall–Kier alpha value is -1.71. The van der Waals surface area contributed by atoms with Gasteiger partial charge in [0.1, 0.15) is 0 Å². The molecule has 0 amide bonds. The van der Waals surface area contributed by atoms with E-state index >= 15 is 0 Å². The number of halogens is 2. The van der Waals surface area contributed by atoms with Crippen molar-refractivity contribution in [3.8, 4) is 11.5 Å². The molecule has 1 aromatic heterocycles. The number of ether oxygens (including phenoxy) is 2. The second-order valence-electron chi connectivity index (χ2n) is 5.79. The van der Waals surface area contributed by atoms with Gasteiger partial charge in [0.2, 0.25) is 0 Å². The van der Waals surface area contributed by atoms with Crippen molar-refractivity contribution in [2.45, 2.75) is 31.8 Å². The molecule has 0 spiro atoms. The van der Waals surface area contributed by atoms with Crippen molar-refractivity contribution < 1.29 is 9.47 Å². The Morgan fingerprint density at radius 1 is 1.08 bits per heavy atom. The molecule has 1 saturated carbocycles. The quantitative estimate of drug-likeness (QED) is 0.663. The van der Waals surface area contributed by atoms with Crippen LogP contribution in [0.1, 0.15) is 36.9 Å². The van der Waals surface area contributed by atoms with E-state index in [1.165, 1.54) is 12.8 Å². The molecule has 0 aliphatic heterocycles. The molecule has 0 unspecified atom stereocenters. The van der Waals surface area contributed by atoms with Crippen LogP contribution in [0.3, 0.4) is 0 Å². The Morgan fingerprint density at radius 2 is 1.88 bits per heavy atom. The summed E-state index contributed by atoms with van der Waals surface area (Å²) in [5.74, 6) is 1.53. The summed E-state index contributed by atoms with van der Waals surface area (Å²) in [6.45, 7) is 0. The first-order valence-corrected chi connectivity index (χ1v) is 8.75. The second-order valence-corrected chi connectivity index (χ2v) is 6.63. The average molecular weight is 364 g/mol. The highest BCUT2D eigenvalue weighted by Crippen LogP contribution is 2.33. The van der Waals surface area contributed by atoms with Gasteiger partial charge in [0, 0.05) is 6.20 Å². The third-order valence-corrected chi connectivity index (χ3v) is 4.56. The molecule has 2 aromatic rings. The lowest BCUT2D eigenvalue weighted by molar-refractivity contribution is 0.201. The van der Waals surface area contributed by atoms with E-state index in [9.17, 15) is 0 Å². The third kappa shape index (κ3) is 4.22. The lowest BCUT2D eigenvalue weighted by Crippen LogP contribution is -2.11. The maximum atomic E-state index is 6.15. The van der Waals surface area contributed by atoms with E-state index in [0.717, 1.165) is 29.9 Å². The average Bonchev–Trinajstić information content (AvgIpc) is 3.07. The zero-order chi connectivity index (χ0) is 16.9. The molecule has 0 radical (unpaired) electrons. The van der Waals surface area contributed by atoms with Gasteiger partial charge in [-0.05, 0) is 55.5 Å². The van der Waals surface area contributed by atoms with E-state index in [1.807, 2.05) is 30.4 Å². The second kappa shape index (κ2) is 7.91. The molecule has 1 fully saturated rings. The van der Waals surface area contributed by atoms with Gasteiger partial charge in [-0.3, -0.25) is 4.98 Å². The number of benzene rings is 1. The maximum absolute atomic E-state index is 6.15. The fraction of sp³-hybridized carbons (Fsp3) is 0.316. The summed E-state index contributed by atoms with van der Waals surface area (Å²) in [5.41, 5.74) is 1.67. The highest BCUT2D eigenvalue weighted by atomic mass is 35.5. The fourth-order valence-electron chi connectivity index (χ4n) is 2.80. The molecule has 0 bridgehead atoms. The summed E-state index contributed by atoms with van der Waals surface area (Å²) in [5, 5.41) is 1.04. The number of nitrogens with zero attached hydrogens (tertiary/aromatic N) is 1. The minimum Gasteiger partial charge on any atom is -0.493 e. The monoisotopic (exact) mass is 363 g/mol. The Labute approximate surface area is 152 Å². The van der Waals surface area contributed by atoms with Crippen LogP contribution in [0, 0.1) is 0 Å². The highest BCUT2D eigenvalue weighted by molar-refractivity contribution is 6.35. The first-order valence-electron chi connectivity index (χ1n) is 7.99. The van der Waals surface area contributed by atoms with Gasteiger partial charge < -0.3 is 9.47 Å². The zero-order valence-electron chi connectivity index (χ0n) is 13.5. The summed E-state index contributed by atoms with van der Waals surface area (Å²) in [6, 6.07) is 7.55. The number of pyridine rings is 1. The van der Waals surface area contributed by atoms with Crippen LogP contribution in [0.15, 0.2) is 30.5 Å². The third-order valence-electron chi connectivity index (χ3n) is 4.05.